The van der Waals surface area contributed by atoms with Gasteiger partial charge >= 0.3 is 6.18 Å². The molecule has 66 valence electrons. The number of alkyl halides is 3. The molecular formula is C5H9F3N2O. The van der Waals surface area contributed by atoms with E-state index in [4.69, 9.17) is 5.73 Å². The summed E-state index contributed by atoms with van der Waals surface area (Å²) in [5, 5.41) is 0. The van der Waals surface area contributed by atoms with Gasteiger partial charge in [0.1, 0.15) is 5.54 Å². The van der Waals surface area contributed by atoms with E-state index in [0.29, 0.717) is 0 Å². The highest BCUT2D eigenvalue weighted by Gasteiger charge is 2.40. The first-order valence-corrected chi connectivity index (χ1v) is 2.81. The summed E-state index contributed by atoms with van der Waals surface area (Å²) in [6.45, 7) is 0.947. The van der Waals surface area contributed by atoms with Crippen LogP contribution in [0, 0.1) is 0 Å². The summed E-state index contributed by atoms with van der Waals surface area (Å²) in [6.07, 6.45) is -5.85. The second kappa shape index (κ2) is 2.69. The van der Waals surface area contributed by atoms with E-state index in [1.165, 1.54) is 0 Å². The first-order chi connectivity index (χ1) is 4.65. The molecule has 4 N–H and O–H groups in total. The highest BCUT2D eigenvalue weighted by atomic mass is 19.4. The lowest BCUT2D eigenvalue weighted by Crippen LogP contribution is -2.51. The number of hydrogen-bond acceptors (Lipinski definition) is 2. The van der Waals surface area contributed by atoms with Crippen molar-refractivity contribution in [3.05, 3.63) is 0 Å². The molecule has 0 unspecified atom stereocenters. The predicted molar refractivity (Wildman–Crippen MR) is 32.5 cm³/mol. The zero-order valence-corrected chi connectivity index (χ0v) is 5.90. The van der Waals surface area contributed by atoms with Crippen LogP contribution in [0.25, 0.3) is 0 Å². The minimum atomic E-state index is -4.46. The molecule has 11 heavy (non-hydrogen) atoms. The Balaban J connectivity index is 4.25. The number of carbonyl (C=O) groups is 1. The Morgan fingerprint density at radius 1 is 1.45 bits per heavy atom. The van der Waals surface area contributed by atoms with E-state index in [2.05, 4.69) is 5.73 Å². The molecule has 0 rings (SSSR count). The van der Waals surface area contributed by atoms with Gasteiger partial charge in [-0.05, 0) is 6.92 Å². The third kappa shape index (κ3) is 3.82. The van der Waals surface area contributed by atoms with Crippen molar-refractivity contribution in [2.75, 3.05) is 0 Å². The smallest absolute Gasteiger partial charge is 0.368 e. The quantitative estimate of drug-likeness (QED) is 0.618. The highest BCUT2D eigenvalue weighted by Crippen LogP contribution is 2.25. The van der Waals surface area contributed by atoms with Gasteiger partial charge in [0.25, 0.3) is 0 Å². The normalized spacial score (nSPS) is 17.5. The van der Waals surface area contributed by atoms with E-state index in [0.717, 1.165) is 6.92 Å². The van der Waals surface area contributed by atoms with Crippen LogP contribution in [-0.4, -0.2) is 17.6 Å². The molecule has 0 heterocycles. The number of amides is 1. The van der Waals surface area contributed by atoms with E-state index in [9.17, 15) is 18.0 Å². The van der Waals surface area contributed by atoms with Crippen LogP contribution in [0.2, 0.25) is 0 Å². The first kappa shape index (κ1) is 10.2. The standard InChI is InChI=1S/C5H9F3N2O/c1-4(10,3(9)11)2-5(6,7)8/h2,10H2,1H3,(H2,9,11)/t4-/m1/s1. The molecule has 0 bridgehead atoms. The van der Waals surface area contributed by atoms with Crippen molar-refractivity contribution in [3.8, 4) is 0 Å². The van der Waals surface area contributed by atoms with Gasteiger partial charge in [0.2, 0.25) is 5.91 Å². The van der Waals surface area contributed by atoms with Gasteiger partial charge in [0.05, 0.1) is 6.42 Å². The molecule has 0 saturated carbocycles. The highest BCUT2D eigenvalue weighted by molar-refractivity contribution is 5.83. The number of halogens is 3. The zero-order chi connectivity index (χ0) is 9.28. The largest absolute Gasteiger partial charge is 0.391 e. The van der Waals surface area contributed by atoms with E-state index in [1.807, 2.05) is 0 Å². The van der Waals surface area contributed by atoms with Crippen LogP contribution in [0.5, 0.6) is 0 Å². The van der Waals surface area contributed by atoms with Gasteiger partial charge in [0.15, 0.2) is 0 Å². The molecule has 0 aromatic carbocycles. The molecule has 1 amide bonds. The van der Waals surface area contributed by atoms with Gasteiger partial charge in [-0.1, -0.05) is 0 Å². The molecule has 0 aliphatic rings. The van der Waals surface area contributed by atoms with Crippen molar-refractivity contribution in [1.29, 1.82) is 0 Å². The fourth-order valence-corrected chi connectivity index (χ4v) is 0.504. The second-order valence-electron chi connectivity index (χ2n) is 2.57. The maximum Gasteiger partial charge on any atom is 0.391 e. The van der Waals surface area contributed by atoms with Gasteiger partial charge in [0, 0.05) is 0 Å². The number of hydrogen-bond donors (Lipinski definition) is 2. The Kier molecular flexibility index (Phi) is 2.50. The molecule has 0 saturated heterocycles. The van der Waals surface area contributed by atoms with E-state index < -0.39 is 24.0 Å². The van der Waals surface area contributed by atoms with Gasteiger partial charge < -0.3 is 11.5 Å². The molecule has 0 spiro atoms. The summed E-state index contributed by atoms with van der Waals surface area (Å²) >= 11 is 0. The molecule has 0 aliphatic carbocycles. The Morgan fingerprint density at radius 2 is 1.82 bits per heavy atom. The van der Waals surface area contributed by atoms with Gasteiger partial charge in [-0.15, -0.1) is 0 Å². The molecular weight excluding hydrogens is 161 g/mol. The maximum atomic E-state index is 11.6. The molecule has 0 radical (unpaired) electrons. The van der Waals surface area contributed by atoms with Crippen molar-refractivity contribution in [3.63, 3.8) is 0 Å². The zero-order valence-electron chi connectivity index (χ0n) is 5.90. The van der Waals surface area contributed by atoms with Crippen molar-refractivity contribution >= 4 is 5.91 Å². The summed E-state index contributed by atoms with van der Waals surface area (Å²) in [4.78, 5) is 10.3. The number of primary amides is 1. The van der Waals surface area contributed by atoms with Crippen LogP contribution in [-0.2, 0) is 4.79 Å². The minimum Gasteiger partial charge on any atom is -0.368 e. The van der Waals surface area contributed by atoms with Crippen LogP contribution in [0.3, 0.4) is 0 Å². The topological polar surface area (TPSA) is 69.1 Å². The Hall–Kier alpha value is -0.780. The summed E-state index contributed by atoms with van der Waals surface area (Å²) in [5.74, 6) is -1.16. The molecule has 0 aliphatic heterocycles. The third-order valence-electron chi connectivity index (χ3n) is 1.13. The number of carbonyl (C=O) groups excluding carboxylic acids is 1. The molecule has 6 heteroatoms. The van der Waals surface area contributed by atoms with Crippen LogP contribution in [0.15, 0.2) is 0 Å². The van der Waals surface area contributed by atoms with Crippen molar-refractivity contribution in [2.45, 2.75) is 25.1 Å². The monoisotopic (exact) mass is 170 g/mol. The first-order valence-electron chi connectivity index (χ1n) is 2.81. The van der Waals surface area contributed by atoms with E-state index >= 15 is 0 Å². The van der Waals surface area contributed by atoms with E-state index in [-0.39, 0.29) is 0 Å². The van der Waals surface area contributed by atoms with Crippen LogP contribution < -0.4 is 11.5 Å². The lowest BCUT2D eigenvalue weighted by atomic mass is 9.98. The molecule has 0 fully saturated rings. The summed E-state index contributed by atoms with van der Waals surface area (Å²) in [7, 11) is 0. The average Bonchev–Trinajstić information content (AvgIpc) is 1.56. The average molecular weight is 170 g/mol. The van der Waals surface area contributed by atoms with Gasteiger partial charge in [-0.3, -0.25) is 4.79 Å². The van der Waals surface area contributed by atoms with Crippen LogP contribution >= 0.6 is 0 Å². The van der Waals surface area contributed by atoms with Gasteiger partial charge in [-0.25, -0.2) is 0 Å². The van der Waals surface area contributed by atoms with Crippen LogP contribution in [0.1, 0.15) is 13.3 Å². The third-order valence-corrected chi connectivity index (χ3v) is 1.13. The fraction of sp³-hybridized carbons (Fsp3) is 0.800. The van der Waals surface area contributed by atoms with Crippen molar-refractivity contribution < 1.29 is 18.0 Å². The summed E-state index contributed by atoms with van der Waals surface area (Å²) in [5.41, 5.74) is 7.56. The van der Waals surface area contributed by atoms with E-state index in [1.54, 1.807) is 0 Å². The Bertz CT molecular complexity index is 164. The molecule has 3 nitrogen and oxygen atoms in total. The molecule has 0 aromatic rings. The van der Waals surface area contributed by atoms with Crippen molar-refractivity contribution in [1.82, 2.24) is 0 Å². The Labute approximate surface area is 61.5 Å². The Morgan fingerprint density at radius 3 is 1.91 bits per heavy atom. The van der Waals surface area contributed by atoms with Crippen molar-refractivity contribution in [2.24, 2.45) is 11.5 Å². The molecule has 1 atom stereocenters. The maximum absolute atomic E-state index is 11.6. The fourth-order valence-electron chi connectivity index (χ4n) is 0.504. The summed E-state index contributed by atoms with van der Waals surface area (Å²) in [6, 6.07) is 0. The minimum absolute atomic E-state index is 0.947. The van der Waals surface area contributed by atoms with Crippen LogP contribution in [0.4, 0.5) is 13.2 Å². The SMILES string of the molecule is C[C@@](N)(CC(F)(F)F)C(N)=O. The second-order valence-corrected chi connectivity index (χ2v) is 2.57. The number of rotatable bonds is 2. The number of nitrogens with two attached hydrogens (primary N) is 2. The molecule has 0 aromatic heterocycles. The lowest BCUT2D eigenvalue weighted by molar-refractivity contribution is -0.154. The predicted octanol–water partition coefficient (Wildman–Crippen LogP) is 0.142. The van der Waals surface area contributed by atoms with Gasteiger partial charge in [-0.2, -0.15) is 13.2 Å². The summed E-state index contributed by atoms with van der Waals surface area (Å²) < 4.78 is 34.9. The lowest BCUT2D eigenvalue weighted by Gasteiger charge is -2.21.